The lowest BCUT2D eigenvalue weighted by molar-refractivity contribution is 0.563. The van der Waals surface area contributed by atoms with Crippen LogP contribution < -0.4 is 5.56 Å². The summed E-state index contributed by atoms with van der Waals surface area (Å²) in [5, 5.41) is 0.958. The van der Waals surface area contributed by atoms with Gasteiger partial charge >= 0.3 is 0 Å². The molecule has 4 nitrogen and oxygen atoms in total. The van der Waals surface area contributed by atoms with Gasteiger partial charge in [0.1, 0.15) is 0 Å². The summed E-state index contributed by atoms with van der Waals surface area (Å²) in [4.78, 5) is 16.8. The highest BCUT2D eigenvalue weighted by molar-refractivity contribution is 6.00. The van der Waals surface area contributed by atoms with Gasteiger partial charge < -0.3 is 8.98 Å². The van der Waals surface area contributed by atoms with Crippen molar-refractivity contribution in [1.29, 1.82) is 0 Å². The number of hydrogen-bond acceptors (Lipinski definition) is 3. The summed E-state index contributed by atoms with van der Waals surface area (Å²) in [6, 6.07) is 7.87. The van der Waals surface area contributed by atoms with Crippen molar-refractivity contribution in [3.05, 3.63) is 40.5 Å². The lowest BCUT2D eigenvalue weighted by Gasteiger charge is -2.09. The van der Waals surface area contributed by atoms with Gasteiger partial charge in [0.25, 0.3) is 5.56 Å². The third-order valence-electron chi connectivity index (χ3n) is 3.61. The van der Waals surface area contributed by atoms with Crippen LogP contribution in [0.4, 0.5) is 0 Å². The standard InChI is InChI=1S/C16H18N2O2/c1-3-4-7-10-18-13-9-6-5-8-12(13)15-14(16(18)19)17-11(2)20-15/h5-6,8-9H,3-4,7,10H2,1-2H3. The second-order valence-corrected chi connectivity index (χ2v) is 5.09. The lowest BCUT2D eigenvalue weighted by Crippen LogP contribution is -2.21. The smallest absolute Gasteiger partial charge is 0.280 e. The van der Waals surface area contributed by atoms with Crippen LogP contribution >= 0.6 is 0 Å². The molecule has 1 aromatic carbocycles. The SMILES string of the molecule is CCCCCn1c(=O)c2nc(C)oc2c2ccccc21. The van der Waals surface area contributed by atoms with Gasteiger partial charge in [0, 0.05) is 18.9 Å². The third-order valence-corrected chi connectivity index (χ3v) is 3.61. The maximum absolute atomic E-state index is 12.6. The molecule has 2 heterocycles. The molecule has 0 saturated carbocycles. The van der Waals surface area contributed by atoms with Gasteiger partial charge in [-0.3, -0.25) is 4.79 Å². The maximum Gasteiger partial charge on any atom is 0.280 e. The molecule has 0 fully saturated rings. The van der Waals surface area contributed by atoms with Gasteiger partial charge in [-0.05, 0) is 18.6 Å². The van der Waals surface area contributed by atoms with Crippen molar-refractivity contribution in [3.63, 3.8) is 0 Å². The largest absolute Gasteiger partial charge is 0.440 e. The number of unbranched alkanes of at least 4 members (excludes halogenated alkanes) is 2. The Kier molecular flexibility index (Phi) is 3.30. The minimum absolute atomic E-state index is 0.0494. The predicted molar refractivity (Wildman–Crippen MR) is 80.0 cm³/mol. The Labute approximate surface area is 117 Å². The predicted octanol–water partition coefficient (Wildman–Crippen LogP) is 3.64. The molecule has 0 spiro atoms. The number of aryl methyl sites for hydroxylation is 2. The number of nitrogens with zero attached hydrogens (tertiary/aromatic N) is 2. The molecular formula is C16H18N2O2. The van der Waals surface area contributed by atoms with Crippen molar-refractivity contribution in [2.75, 3.05) is 0 Å². The van der Waals surface area contributed by atoms with E-state index >= 15 is 0 Å². The van der Waals surface area contributed by atoms with Crippen LogP contribution in [0.25, 0.3) is 22.0 Å². The van der Waals surface area contributed by atoms with E-state index in [1.165, 1.54) is 0 Å². The second-order valence-electron chi connectivity index (χ2n) is 5.09. The van der Waals surface area contributed by atoms with Crippen molar-refractivity contribution in [2.24, 2.45) is 0 Å². The van der Waals surface area contributed by atoms with E-state index in [9.17, 15) is 4.79 Å². The first-order valence-corrected chi connectivity index (χ1v) is 7.11. The van der Waals surface area contributed by atoms with E-state index in [0.717, 1.165) is 36.7 Å². The van der Waals surface area contributed by atoms with Gasteiger partial charge in [0.15, 0.2) is 17.0 Å². The fraction of sp³-hybridized carbons (Fsp3) is 0.375. The fourth-order valence-electron chi connectivity index (χ4n) is 2.63. The lowest BCUT2D eigenvalue weighted by atomic mass is 10.2. The molecule has 0 N–H and O–H groups in total. The van der Waals surface area contributed by atoms with Crippen molar-refractivity contribution in [3.8, 4) is 0 Å². The van der Waals surface area contributed by atoms with Crippen LogP contribution in [0, 0.1) is 6.92 Å². The van der Waals surface area contributed by atoms with Crippen LogP contribution in [0.15, 0.2) is 33.5 Å². The minimum atomic E-state index is -0.0494. The van der Waals surface area contributed by atoms with Gasteiger partial charge in [-0.25, -0.2) is 4.98 Å². The van der Waals surface area contributed by atoms with Crippen LogP contribution in [0.3, 0.4) is 0 Å². The summed E-state index contributed by atoms with van der Waals surface area (Å²) in [6.45, 7) is 4.66. The summed E-state index contributed by atoms with van der Waals surface area (Å²) in [7, 11) is 0. The zero-order chi connectivity index (χ0) is 14.1. The number of aromatic nitrogens is 2. The van der Waals surface area contributed by atoms with Crippen LogP contribution in [-0.2, 0) is 6.54 Å². The summed E-state index contributed by atoms with van der Waals surface area (Å²) < 4.78 is 7.45. The molecule has 0 radical (unpaired) electrons. The van der Waals surface area contributed by atoms with Crippen molar-refractivity contribution in [2.45, 2.75) is 39.7 Å². The molecule has 0 unspecified atom stereocenters. The molecule has 0 bridgehead atoms. The summed E-state index contributed by atoms with van der Waals surface area (Å²) in [6.07, 6.45) is 3.26. The summed E-state index contributed by atoms with van der Waals surface area (Å²) in [5.74, 6) is 0.536. The Morgan fingerprint density at radius 2 is 2.05 bits per heavy atom. The topological polar surface area (TPSA) is 48.0 Å². The van der Waals surface area contributed by atoms with Crippen molar-refractivity contribution < 1.29 is 4.42 Å². The molecule has 0 amide bonds. The molecule has 0 aliphatic heterocycles. The Balaban J connectivity index is 2.29. The van der Waals surface area contributed by atoms with Crippen LogP contribution in [0.1, 0.15) is 32.1 Å². The van der Waals surface area contributed by atoms with Crippen LogP contribution in [-0.4, -0.2) is 9.55 Å². The van der Waals surface area contributed by atoms with Gasteiger partial charge in [-0.1, -0.05) is 31.9 Å². The van der Waals surface area contributed by atoms with E-state index in [1.54, 1.807) is 6.92 Å². The fourth-order valence-corrected chi connectivity index (χ4v) is 2.63. The zero-order valence-corrected chi connectivity index (χ0v) is 11.8. The van der Waals surface area contributed by atoms with E-state index in [1.807, 2.05) is 28.8 Å². The quantitative estimate of drug-likeness (QED) is 0.680. The maximum atomic E-state index is 12.6. The molecule has 0 aliphatic rings. The number of fused-ring (bicyclic) bond motifs is 3. The highest BCUT2D eigenvalue weighted by atomic mass is 16.3. The normalized spacial score (nSPS) is 11.5. The monoisotopic (exact) mass is 270 g/mol. The van der Waals surface area contributed by atoms with Crippen molar-refractivity contribution in [1.82, 2.24) is 9.55 Å². The van der Waals surface area contributed by atoms with Gasteiger partial charge in [-0.15, -0.1) is 0 Å². The molecule has 0 saturated heterocycles. The Bertz CT molecular complexity index is 814. The van der Waals surface area contributed by atoms with E-state index in [2.05, 4.69) is 11.9 Å². The average molecular weight is 270 g/mol. The van der Waals surface area contributed by atoms with E-state index in [0.29, 0.717) is 17.0 Å². The molecule has 3 rings (SSSR count). The molecule has 0 atom stereocenters. The Hall–Kier alpha value is -2.10. The van der Waals surface area contributed by atoms with Crippen molar-refractivity contribution >= 4 is 22.0 Å². The number of para-hydroxylation sites is 1. The molecule has 0 aliphatic carbocycles. The number of rotatable bonds is 4. The minimum Gasteiger partial charge on any atom is -0.440 e. The van der Waals surface area contributed by atoms with E-state index in [-0.39, 0.29) is 5.56 Å². The highest BCUT2D eigenvalue weighted by Crippen LogP contribution is 2.23. The molecule has 4 heteroatoms. The Morgan fingerprint density at radius 1 is 1.25 bits per heavy atom. The van der Waals surface area contributed by atoms with Gasteiger partial charge in [0.05, 0.1) is 5.52 Å². The zero-order valence-electron chi connectivity index (χ0n) is 11.8. The third kappa shape index (κ3) is 2.01. The first-order chi connectivity index (χ1) is 9.72. The first-order valence-electron chi connectivity index (χ1n) is 7.11. The van der Waals surface area contributed by atoms with Crippen LogP contribution in [0.5, 0.6) is 0 Å². The molecule has 20 heavy (non-hydrogen) atoms. The molecule has 3 aromatic rings. The Morgan fingerprint density at radius 3 is 2.85 bits per heavy atom. The van der Waals surface area contributed by atoms with E-state index < -0.39 is 0 Å². The summed E-state index contributed by atoms with van der Waals surface area (Å²) >= 11 is 0. The number of pyridine rings is 1. The average Bonchev–Trinajstić information content (AvgIpc) is 2.85. The first kappa shape index (κ1) is 12.9. The number of oxazole rings is 1. The van der Waals surface area contributed by atoms with Gasteiger partial charge in [0.2, 0.25) is 0 Å². The summed E-state index contributed by atoms with van der Waals surface area (Å²) in [5.41, 5.74) is 1.93. The van der Waals surface area contributed by atoms with Crippen LogP contribution in [0.2, 0.25) is 0 Å². The second kappa shape index (κ2) is 5.12. The molecule has 104 valence electrons. The molecule has 2 aromatic heterocycles. The molecular weight excluding hydrogens is 252 g/mol. The highest BCUT2D eigenvalue weighted by Gasteiger charge is 2.15. The number of benzene rings is 1. The number of hydrogen-bond donors (Lipinski definition) is 0. The van der Waals surface area contributed by atoms with E-state index in [4.69, 9.17) is 4.42 Å². The van der Waals surface area contributed by atoms with Gasteiger partial charge in [-0.2, -0.15) is 0 Å².